The van der Waals surface area contributed by atoms with E-state index in [2.05, 4.69) is 23.9 Å². The van der Waals surface area contributed by atoms with E-state index >= 15 is 0 Å². The highest BCUT2D eigenvalue weighted by Gasteiger charge is 2.42. The van der Waals surface area contributed by atoms with E-state index in [-0.39, 0.29) is 5.31 Å². The molecule has 0 bridgehead atoms. The molecule has 2 nitrogen and oxygen atoms in total. The normalized spacial score (nSPS) is 44.2. The highest BCUT2D eigenvalue weighted by Crippen LogP contribution is 2.49. The van der Waals surface area contributed by atoms with Gasteiger partial charge in [0.2, 0.25) is 0 Å². The van der Waals surface area contributed by atoms with Crippen molar-refractivity contribution in [2.24, 2.45) is 10.9 Å². The van der Waals surface area contributed by atoms with Crippen LogP contribution in [0.15, 0.2) is 4.99 Å². The first-order valence-corrected chi connectivity index (χ1v) is 6.03. The van der Waals surface area contributed by atoms with Gasteiger partial charge in [0, 0.05) is 26.6 Å². The lowest BCUT2D eigenvalue weighted by Gasteiger charge is -2.51. The molecule has 2 radical (unpaired) electrons. The van der Waals surface area contributed by atoms with Gasteiger partial charge in [-0.25, -0.2) is 0 Å². The zero-order chi connectivity index (χ0) is 11.1. The van der Waals surface area contributed by atoms with Crippen LogP contribution in [0.1, 0.15) is 39.0 Å². The van der Waals surface area contributed by atoms with Crippen LogP contribution in [0.25, 0.3) is 0 Å². The summed E-state index contributed by atoms with van der Waals surface area (Å²) in [6.07, 6.45) is 6.04. The molecular formula is C12H21BN2. The van der Waals surface area contributed by atoms with E-state index in [1.54, 1.807) is 0 Å². The third-order valence-electron chi connectivity index (χ3n) is 4.37. The second kappa shape index (κ2) is 3.84. The van der Waals surface area contributed by atoms with Crippen LogP contribution in [0.5, 0.6) is 0 Å². The Morgan fingerprint density at radius 1 is 1.47 bits per heavy atom. The van der Waals surface area contributed by atoms with Crippen LogP contribution in [0, 0.1) is 5.92 Å². The first-order chi connectivity index (χ1) is 7.06. The molecule has 2 rings (SSSR count). The van der Waals surface area contributed by atoms with Gasteiger partial charge in [0.05, 0.1) is 13.7 Å². The molecule has 0 spiro atoms. The van der Waals surface area contributed by atoms with Gasteiger partial charge in [0.15, 0.2) is 0 Å². The number of nitrogens with zero attached hydrogens (tertiary/aromatic N) is 2. The lowest BCUT2D eigenvalue weighted by molar-refractivity contribution is 0.121. The van der Waals surface area contributed by atoms with Crippen molar-refractivity contribution in [3.8, 4) is 0 Å². The zero-order valence-corrected chi connectivity index (χ0v) is 10.2. The van der Waals surface area contributed by atoms with Gasteiger partial charge in [0.1, 0.15) is 0 Å². The molecule has 82 valence electrons. The SMILES string of the molecule is [B]C1(C)CCCC2C1CCC(=NC)N2C. The maximum atomic E-state index is 6.41. The Bertz CT molecular complexity index is 273. The summed E-state index contributed by atoms with van der Waals surface area (Å²) in [6.45, 7) is 2.23. The van der Waals surface area contributed by atoms with Crippen LogP contribution in [-0.2, 0) is 0 Å². The van der Waals surface area contributed by atoms with E-state index in [0.717, 1.165) is 6.42 Å². The Morgan fingerprint density at radius 2 is 2.20 bits per heavy atom. The molecule has 0 aromatic carbocycles. The second-order valence-electron chi connectivity index (χ2n) is 5.36. The molecule has 2 fully saturated rings. The fourth-order valence-electron chi connectivity index (χ4n) is 3.43. The van der Waals surface area contributed by atoms with Crippen LogP contribution in [0.4, 0.5) is 0 Å². The number of hydrogen-bond acceptors (Lipinski definition) is 1. The molecule has 0 aromatic rings. The zero-order valence-electron chi connectivity index (χ0n) is 10.2. The molecule has 1 aliphatic carbocycles. The third-order valence-corrected chi connectivity index (χ3v) is 4.37. The second-order valence-corrected chi connectivity index (χ2v) is 5.36. The molecule has 0 N–H and O–H groups in total. The molecule has 2 aliphatic rings. The van der Waals surface area contributed by atoms with E-state index in [9.17, 15) is 0 Å². The quantitative estimate of drug-likeness (QED) is 0.552. The maximum Gasteiger partial charge on any atom is 0.0985 e. The molecule has 1 heterocycles. The van der Waals surface area contributed by atoms with E-state index in [1.807, 2.05) is 7.05 Å². The van der Waals surface area contributed by atoms with Gasteiger partial charge in [0.25, 0.3) is 0 Å². The van der Waals surface area contributed by atoms with Crippen LogP contribution >= 0.6 is 0 Å². The van der Waals surface area contributed by atoms with Gasteiger partial charge >= 0.3 is 0 Å². The molecule has 3 unspecified atom stereocenters. The Kier molecular flexibility index (Phi) is 2.82. The molecular weight excluding hydrogens is 183 g/mol. The molecule has 3 atom stereocenters. The minimum Gasteiger partial charge on any atom is -0.360 e. The van der Waals surface area contributed by atoms with Crippen molar-refractivity contribution in [1.29, 1.82) is 0 Å². The van der Waals surface area contributed by atoms with Gasteiger partial charge in [-0.3, -0.25) is 4.99 Å². The minimum atomic E-state index is 0.0381. The van der Waals surface area contributed by atoms with Crippen LogP contribution in [0.3, 0.4) is 0 Å². The number of aliphatic imine (C=N–C) groups is 1. The van der Waals surface area contributed by atoms with Crippen LogP contribution < -0.4 is 0 Å². The highest BCUT2D eigenvalue weighted by molar-refractivity contribution is 6.15. The van der Waals surface area contributed by atoms with Gasteiger partial charge in [-0.05, 0) is 18.8 Å². The molecule has 0 aromatic heterocycles. The highest BCUT2D eigenvalue weighted by atomic mass is 15.2. The Morgan fingerprint density at radius 3 is 2.87 bits per heavy atom. The van der Waals surface area contributed by atoms with Crippen molar-refractivity contribution >= 4 is 13.7 Å². The first kappa shape index (κ1) is 11.0. The number of hydrogen-bond donors (Lipinski definition) is 0. The van der Waals surface area contributed by atoms with Crippen molar-refractivity contribution in [2.45, 2.75) is 50.4 Å². The first-order valence-electron chi connectivity index (χ1n) is 6.03. The van der Waals surface area contributed by atoms with E-state index in [0.29, 0.717) is 12.0 Å². The summed E-state index contributed by atoms with van der Waals surface area (Å²) in [5.74, 6) is 1.91. The number of rotatable bonds is 0. The summed E-state index contributed by atoms with van der Waals surface area (Å²) in [4.78, 5) is 6.74. The Labute approximate surface area is 94.5 Å². The topological polar surface area (TPSA) is 15.6 Å². The molecule has 0 amide bonds. The summed E-state index contributed by atoms with van der Waals surface area (Å²) in [6, 6.07) is 0.626. The summed E-state index contributed by atoms with van der Waals surface area (Å²) in [7, 11) is 10.5. The minimum absolute atomic E-state index is 0.0381. The summed E-state index contributed by atoms with van der Waals surface area (Å²) >= 11 is 0. The van der Waals surface area contributed by atoms with Crippen LogP contribution in [-0.4, -0.2) is 38.7 Å². The largest absolute Gasteiger partial charge is 0.360 e. The third kappa shape index (κ3) is 1.81. The average molecular weight is 204 g/mol. The Hall–Kier alpha value is -0.465. The predicted molar refractivity (Wildman–Crippen MR) is 65.6 cm³/mol. The van der Waals surface area contributed by atoms with Crippen molar-refractivity contribution < 1.29 is 0 Å². The summed E-state index contributed by atoms with van der Waals surface area (Å²) in [5, 5.41) is 0.0381. The molecule has 15 heavy (non-hydrogen) atoms. The lowest BCUT2D eigenvalue weighted by Crippen LogP contribution is -2.51. The average Bonchev–Trinajstić information content (AvgIpc) is 2.19. The molecule has 1 saturated carbocycles. The van der Waals surface area contributed by atoms with E-state index in [4.69, 9.17) is 7.85 Å². The van der Waals surface area contributed by atoms with Gasteiger partial charge in [-0.15, -0.1) is 0 Å². The van der Waals surface area contributed by atoms with Gasteiger partial charge in [-0.1, -0.05) is 25.1 Å². The molecule has 1 saturated heterocycles. The van der Waals surface area contributed by atoms with Gasteiger partial charge in [-0.2, -0.15) is 0 Å². The summed E-state index contributed by atoms with van der Waals surface area (Å²) < 4.78 is 0. The maximum absolute atomic E-state index is 6.41. The fourth-order valence-corrected chi connectivity index (χ4v) is 3.43. The summed E-state index contributed by atoms with van der Waals surface area (Å²) in [5.41, 5.74) is 0. The fraction of sp³-hybridized carbons (Fsp3) is 0.917. The van der Waals surface area contributed by atoms with Crippen LogP contribution in [0.2, 0.25) is 5.31 Å². The van der Waals surface area contributed by atoms with Crippen molar-refractivity contribution in [1.82, 2.24) is 4.90 Å². The molecule has 3 heteroatoms. The van der Waals surface area contributed by atoms with E-state index < -0.39 is 0 Å². The molecule has 1 aliphatic heterocycles. The monoisotopic (exact) mass is 204 g/mol. The van der Waals surface area contributed by atoms with Crippen molar-refractivity contribution in [2.75, 3.05) is 14.1 Å². The lowest BCUT2D eigenvalue weighted by atomic mass is 9.52. The van der Waals surface area contributed by atoms with Crippen molar-refractivity contribution in [3.63, 3.8) is 0 Å². The number of likely N-dealkylation sites (tertiary alicyclic amines) is 1. The smallest absolute Gasteiger partial charge is 0.0985 e. The standard InChI is InChI=1S/C12H21BN2/c1-12(13)8-4-5-10-9(12)6-7-11(14-2)15(10)3/h9-10H,4-8H2,1-3H3. The number of piperidine rings is 1. The van der Waals surface area contributed by atoms with Gasteiger partial charge < -0.3 is 4.90 Å². The number of fused-ring (bicyclic) bond motifs is 1. The van der Waals surface area contributed by atoms with Crippen molar-refractivity contribution in [3.05, 3.63) is 0 Å². The van der Waals surface area contributed by atoms with E-state index in [1.165, 1.54) is 31.5 Å². The number of amidine groups is 1. The Balaban J connectivity index is 2.20. The predicted octanol–water partition coefficient (Wildman–Crippen LogP) is 2.26.